The van der Waals surface area contributed by atoms with E-state index in [4.69, 9.17) is 23.2 Å². The molecule has 0 saturated heterocycles. The summed E-state index contributed by atoms with van der Waals surface area (Å²) in [5.41, 5.74) is 0.375. The zero-order chi connectivity index (χ0) is 13.8. The minimum absolute atomic E-state index is 0.139. The first-order valence-corrected chi connectivity index (χ1v) is 7.31. The van der Waals surface area contributed by atoms with Crippen LogP contribution in [0, 0.1) is 0 Å². The molecule has 0 fully saturated rings. The zero-order valence-corrected chi connectivity index (χ0v) is 12.6. The lowest BCUT2D eigenvalue weighted by Gasteiger charge is -2.17. The van der Waals surface area contributed by atoms with Gasteiger partial charge in [-0.2, -0.15) is 0 Å². The predicted octanol–water partition coefficient (Wildman–Crippen LogP) is 3.76. The molecule has 6 heteroatoms. The molecule has 19 heavy (non-hydrogen) atoms. The van der Waals surface area contributed by atoms with Crippen molar-refractivity contribution in [2.75, 3.05) is 13.6 Å². The van der Waals surface area contributed by atoms with E-state index in [0.717, 1.165) is 6.42 Å². The molecule has 0 aliphatic carbocycles. The maximum absolute atomic E-state index is 12.2. The van der Waals surface area contributed by atoms with Crippen LogP contribution in [0.15, 0.2) is 29.6 Å². The Bertz CT molecular complexity index is 572. The number of hydrogen-bond donors (Lipinski definition) is 0. The summed E-state index contributed by atoms with van der Waals surface area (Å²) in [5.74, 6) is -0.147. The monoisotopic (exact) mass is 314 g/mol. The first-order chi connectivity index (χ1) is 9.08. The van der Waals surface area contributed by atoms with Crippen LogP contribution in [0.5, 0.6) is 0 Å². The first kappa shape index (κ1) is 14.3. The molecular weight excluding hydrogens is 303 g/mol. The third-order valence-electron chi connectivity index (χ3n) is 2.67. The van der Waals surface area contributed by atoms with Crippen LogP contribution in [0.25, 0.3) is 0 Å². The van der Waals surface area contributed by atoms with Gasteiger partial charge in [-0.05, 0) is 30.0 Å². The Morgan fingerprint density at radius 2 is 2.16 bits per heavy atom. The molecule has 3 nitrogen and oxygen atoms in total. The van der Waals surface area contributed by atoms with E-state index in [1.807, 2.05) is 11.4 Å². The second-order valence-electron chi connectivity index (χ2n) is 4.03. The zero-order valence-electron chi connectivity index (χ0n) is 10.3. The van der Waals surface area contributed by atoms with Crippen LogP contribution < -0.4 is 0 Å². The van der Waals surface area contributed by atoms with Crippen molar-refractivity contribution in [3.8, 4) is 0 Å². The highest BCUT2D eigenvalue weighted by Crippen LogP contribution is 2.18. The van der Waals surface area contributed by atoms with Gasteiger partial charge >= 0.3 is 0 Å². The smallest absolute Gasteiger partial charge is 0.256 e. The third kappa shape index (κ3) is 3.69. The van der Waals surface area contributed by atoms with E-state index in [1.165, 1.54) is 4.88 Å². The highest BCUT2D eigenvalue weighted by molar-refractivity contribution is 7.09. The first-order valence-electron chi connectivity index (χ1n) is 5.68. The van der Waals surface area contributed by atoms with Gasteiger partial charge < -0.3 is 4.90 Å². The minimum Gasteiger partial charge on any atom is -0.341 e. The fourth-order valence-corrected chi connectivity index (χ4v) is 2.74. The number of likely N-dealkylation sites (N-methyl/N-ethyl adjacent to an activating group) is 1. The number of nitrogens with zero attached hydrogens (tertiary/aromatic N) is 2. The third-order valence-corrected chi connectivity index (χ3v) is 4.10. The number of carbonyl (C=O) groups excluding carboxylic acids is 1. The van der Waals surface area contributed by atoms with Gasteiger partial charge in [-0.3, -0.25) is 4.79 Å². The van der Waals surface area contributed by atoms with E-state index in [2.05, 4.69) is 11.1 Å². The Morgan fingerprint density at radius 1 is 1.37 bits per heavy atom. The van der Waals surface area contributed by atoms with Crippen molar-refractivity contribution in [1.29, 1.82) is 0 Å². The molecule has 0 unspecified atom stereocenters. The van der Waals surface area contributed by atoms with Crippen molar-refractivity contribution in [2.24, 2.45) is 0 Å². The Morgan fingerprint density at radius 3 is 2.79 bits per heavy atom. The number of aromatic nitrogens is 1. The lowest BCUT2D eigenvalue weighted by molar-refractivity contribution is 0.0796. The summed E-state index contributed by atoms with van der Waals surface area (Å²) in [4.78, 5) is 19.0. The molecular formula is C13H12Cl2N2OS. The van der Waals surface area contributed by atoms with Gasteiger partial charge in [0.2, 0.25) is 0 Å². The van der Waals surface area contributed by atoms with E-state index >= 15 is 0 Å². The van der Waals surface area contributed by atoms with Crippen LogP contribution in [0.2, 0.25) is 10.3 Å². The van der Waals surface area contributed by atoms with Crippen molar-refractivity contribution in [1.82, 2.24) is 9.88 Å². The SMILES string of the molecule is CN(CCc1cccs1)C(=O)c1ccc(Cl)nc1Cl. The normalized spacial score (nSPS) is 10.5. The maximum atomic E-state index is 12.2. The average molecular weight is 315 g/mol. The Kier molecular flexibility index (Phi) is 4.80. The quantitative estimate of drug-likeness (QED) is 0.805. The molecule has 0 saturated carbocycles. The Balaban J connectivity index is 2.02. The lowest BCUT2D eigenvalue weighted by Crippen LogP contribution is -2.29. The van der Waals surface area contributed by atoms with Crippen LogP contribution in [-0.4, -0.2) is 29.4 Å². The van der Waals surface area contributed by atoms with E-state index in [9.17, 15) is 4.79 Å². The van der Waals surface area contributed by atoms with Crippen LogP contribution in [0.1, 0.15) is 15.2 Å². The fraction of sp³-hybridized carbons (Fsp3) is 0.231. The average Bonchev–Trinajstić information content (AvgIpc) is 2.88. The summed E-state index contributed by atoms with van der Waals surface area (Å²) in [5, 5.41) is 2.44. The number of hydrogen-bond acceptors (Lipinski definition) is 3. The molecule has 0 N–H and O–H groups in total. The maximum Gasteiger partial charge on any atom is 0.256 e. The standard InChI is InChI=1S/C13H12Cl2N2OS/c1-17(7-6-9-3-2-8-19-9)13(18)10-4-5-11(14)16-12(10)15/h2-5,8H,6-7H2,1H3. The topological polar surface area (TPSA) is 33.2 Å². The van der Waals surface area contributed by atoms with Gasteiger partial charge in [0.05, 0.1) is 5.56 Å². The molecule has 2 rings (SSSR count). The molecule has 0 aliphatic rings. The van der Waals surface area contributed by atoms with Gasteiger partial charge in [-0.1, -0.05) is 29.3 Å². The summed E-state index contributed by atoms with van der Waals surface area (Å²) < 4.78 is 0. The van der Waals surface area contributed by atoms with E-state index in [0.29, 0.717) is 12.1 Å². The number of amides is 1. The molecule has 0 bridgehead atoms. The summed E-state index contributed by atoms with van der Waals surface area (Å²) in [6, 6.07) is 7.22. The Hall–Kier alpha value is -1.10. The number of carbonyl (C=O) groups is 1. The van der Waals surface area contributed by atoms with Gasteiger partial charge in [0.15, 0.2) is 0 Å². The van der Waals surface area contributed by atoms with Crippen LogP contribution >= 0.6 is 34.5 Å². The van der Waals surface area contributed by atoms with Crippen molar-refractivity contribution in [3.63, 3.8) is 0 Å². The highest BCUT2D eigenvalue weighted by Gasteiger charge is 2.16. The van der Waals surface area contributed by atoms with E-state index in [1.54, 1.807) is 35.4 Å². The largest absolute Gasteiger partial charge is 0.341 e. The van der Waals surface area contributed by atoms with Crippen molar-refractivity contribution in [2.45, 2.75) is 6.42 Å². The van der Waals surface area contributed by atoms with Crippen LogP contribution in [-0.2, 0) is 6.42 Å². The number of thiophene rings is 1. The molecule has 0 aliphatic heterocycles. The summed E-state index contributed by atoms with van der Waals surface area (Å²) in [7, 11) is 1.75. The molecule has 2 heterocycles. The lowest BCUT2D eigenvalue weighted by atomic mass is 10.2. The number of pyridine rings is 1. The van der Waals surface area contributed by atoms with E-state index in [-0.39, 0.29) is 16.2 Å². The summed E-state index contributed by atoms with van der Waals surface area (Å²) in [6.07, 6.45) is 0.832. The Labute approximate surface area is 125 Å². The summed E-state index contributed by atoms with van der Waals surface area (Å²) in [6.45, 7) is 0.637. The molecule has 0 spiro atoms. The summed E-state index contributed by atoms with van der Waals surface area (Å²) >= 11 is 13.3. The van der Waals surface area contributed by atoms with Gasteiger partial charge in [-0.15, -0.1) is 11.3 Å². The van der Waals surface area contributed by atoms with Crippen molar-refractivity contribution >= 4 is 40.4 Å². The number of halogens is 2. The predicted molar refractivity (Wildman–Crippen MR) is 79.2 cm³/mol. The van der Waals surface area contributed by atoms with E-state index < -0.39 is 0 Å². The number of rotatable bonds is 4. The van der Waals surface area contributed by atoms with Crippen LogP contribution in [0.4, 0.5) is 0 Å². The molecule has 0 aromatic carbocycles. The molecule has 0 atom stereocenters. The van der Waals surface area contributed by atoms with Gasteiger partial charge in [0.1, 0.15) is 10.3 Å². The molecule has 0 radical (unpaired) electrons. The molecule has 2 aromatic heterocycles. The second kappa shape index (κ2) is 6.37. The van der Waals surface area contributed by atoms with Gasteiger partial charge in [-0.25, -0.2) is 4.98 Å². The second-order valence-corrected chi connectivity index (χ2v) is 5.81. The molecule has 1 amide bonds. The van der Waals surface area contributed by atoms with Gasteiger partial charge in [0.25, 0.3) is 5.91 Å². The van der Waals surface area contributed by atoms with Crippen molar-refractivity contribution < 1.29 is 4.79 Å². The van der Waals surface area contributed by atoms with Gasteiger partial charge in [0, 0.05) is 18.5 Å². The fourth-order valence-electron chi connectivity index (χ4n) is 1.61. The van der Waals surface area contributed by atoms with Crippen molar-refractivity contribution in [3.05, 3.63) is 50.4 Å². The van der Waals surface area contributed by atoms with Crippen LogP contribution in [0.3, 0.4) is 0 Å². The molecule has 2 aromatic rings. The minimum atomic E-state index is -0.147. The molecule has 100 valence electrons. The highest BCUT2D eigenvalue weighted by atomic mass is 35.5.